The summed E-state index contributed by atoms with van der Waals surface area (Å²) >= 11 is 0. The molecule has 1 aliphatic rings. The lowest BCUT2D eigenvalue weighted by atomic mass is 10.2. The number of carbonyl (C=O) groups excluding carboxylic acids is 1. The van der Waals surface area contributed by atoms with Crippen LogP contribution in [0.4, 0.5) is 11.4 Å². The molecular formula is C20H16N2O4S. The molecule has 0 aliphatic carbocycles. The number of fused-ring (bicyclic) bond motifs is 2. The van der Waals surface area contributed by atoms with Crippen molar-refractivity contribution < 1.29 is 17.9 Å². The van der Waals surface area contributed by atoms with Crippen LogP contribution in [0.1, 0.15) is 10.4 Å². The monoisotopic (exact) mass is 380 g/mol. The van der Waals surface area contributed by atoms with Crippen molar-refractivity contribution >= 4 is 27.3 Å². The van der Waals surface area contributed by atoms with E-state index in [1.54, 1.807) is 54.6 Å². The van der Waals surface area contributed by atoms with Crippen LogP contribution in [0.5, 0.6) is 11.5 Å². The molecule has 0 saturated heterocycles. The van der Waals surface area contributed by atoms with Crippen LogP contribution in [-0.4, -0.2) is 21.4 Å². The Morgan fingerprint density at radius 2 is 1.63 bits per heavy atom. The molecule has 0 unspecified atom stereocenters. The molecule has 6 nitrogen and oxygen atoms in total. The summed E-state index contributed by atoms with van der Waals surface area (Å²) in [5.41, 5.74) is 1.29. The number of nitrogens with one attached hydrogen (secondary N) is 1. The van der Waals surface area contributed by atoms with Gasteiger partial charge in [-0.15, -0.1) is 0 Å². The third-order valence-electron chi connectivity index (χ3n) is 4.30. The maximum Gasteiger partial charge on any atom is 0.267 e. The van der Waals surface area contributed by atoms with Gasteiger partial charge in [0.15, 0.2) is 5.75 Å². The number of rotatable bonds is 2. The van der Waals surface area contributed by atoms with E-state index < -0.39 is 15.9 Å². The Labute approximate surface area is 157 Å². The summed E-state index contributed by atoms with van der Waals surface area (Å²) in [5.74, 6) is 0.218. The van der Waals surface area contributed by atoms with Gasteiger partial charge in [0.2, 0.25) is 0 Å². The molecule has 136 valence electrons. The van der Waals surface area contributed by atoms with Gasteiger partial charge in [0.25, 0.3) is 15.9 Å². The molecular weight excluding hydrogens is 364 g/mol. The predicted molar refractivity (Wildman–Crippen MR) is 103 cm³/mol. The zero-order valence-electron chi connectivity index (χ0n) is 14.4. The second-order valence-corrected chi connectivity index (χ2v) is 7.96. The number of benzene rings is 3. The minimum atomic E-state index is -3.87. The molecule has 0 bridgehead atoms. The van der Waals surface area contributed by atoms with Crippen molar-refractivity contribution in [1.29, 1.82) is 0 Å². The first kappa shape index (κ1) is 17.1. The number of hydrogen-bond acceptors (Lipinski definition) is 4. The molecule has 1 heterocycles. The van der Waals surface area contributed by atoms with E-state index in [1.807, 2.05) is 6.07 Å². The third kappa shape index (κ3) is 3.02. The van der Waals surface area contributed by atoms with Gasteiger partial charge >= 0.3 is 0 Å². The fourth-order valence-electron chi connectivity index (χ4n) is 2.86. The van der Waals surface area contributed by atoms with Crippen LogP contribution in [-0.2, 0) is 10.0 Å². The average Bonchev–Trinajstić information content (AvgIpc) is 2.76. The fraction of sp³-hybridized carbons (Fsp3) is 0.0500. The molecule has 4 rings (SSSR count). The Kier molecular flexibility index (Phi) is 4.08. The van der Waals surface area contributed by atoms with Gasteiger partial charge in [-0.3, -0.25) is 9.10 Å². The Morgan fingerprint density at radius 1 is 0.926 bits per heavy atom. The molecule has 3 aromatic rings. The predicted octanol–water partition coefficient (Wildman–Crippen LogP) is 3.87. The van der Waals surface area contributed by atoms with Gasteiger partial charge in [-0.2, -0.15) is 0 Å². The minimum absolute atomic E-state index is 0.0538. The fourth-order valence-corrected chi connectivity index (χ4v) is 4.20. The Morgan fingerprint density at radius 3 is 2.41 bits per heavy atom. The Hall–Kier alpha value is -3.32. The second kappa shape index (κ2) is 6.44. The molecule has 7 heteroatoms. The van der Waals surface area contributed by atoms with Crippen LogP contribution in [0, 0.1) is 0 Å². The smallest absolute Gasteiger partial charge is 0.267 e. The maximum absolute atomic E-state index is 13.0. The summed E-state index contributed by atoms with van der Waals surface area (Å²) < 4.78 is 33.0. The maximum atomic E-state index is 13.0. The summed E-state index contributed by atoms with van der Waals surface area (Å²) in [6.07, 6.45) is 0. The van der Waals surface area contributed by atoms with E-state index in [0.29, 0.717) is 17.1 Å². The van der Waals surface area contributed by atoms with Crippen molar-refractivity contribution in [1.82, 2.24) is 0 Å². The quantitative estimate of drug-likeness (QED) is 0.732. The van der Waals surface area contributed by atoms with E-state index in [4.69, 9.17) is 4.74 Å². The van der Waals surface area contributed by atoms with Crippen LogP contribution >= 0.6 is 0 Å². The van der Waals surface area contributed by atoms with E-state index in [1.165, 1.54) is 19.2 Å². The number of carbonyl (C=O) groups is 1. The average molecular weight is 380 g/mol. The highest BCUT2D eigenvalue weighted by Crippen LogP contribution is 2.41. The van der Waals surface area contributed by atoms with Gasteiger partial charge in [-0.05, 0) is 42.5 Å². The summed E-state index contributed by atoms with van der Waals surface area (Å²) in [6, 6.07) is 20.2. The van der Waals surface area contributed by atoms with Crippen molar-refractivity contribution in [3.8, 4) is 11.5 Å². The van der Waals surface area contributed by atoms with E-state index >= 15 is 0 Å². The number of para-hydroxylation sites is 3. The largest absolute Gasteiger partial charge is 0.454 e. The van der Waals surface area contributed by atoms with Crippen molar-refractivity contribution in [2.45, 2.75) is 4.90 Å². The molecule has 3 aromatic carbocycles. The van der Waals surface area contributed by atoms with Gasteiger partial charge < -0.3 is 10.1 Å². The Bertz CT molecular complexity index is 1130. The van der Waals surface area contributed by atoms with Crippen LogP contribution in [0.2, 0.25) is 0 Å². The number of ether oxygens (including phenoxy) is 1. The zero-order valence-corrected chi connectivity index (χ0v) is 15.2. The normalized spacial score (nSPS) is 14.3. The van der Waals surface area contributed by atoms with Gasteiger partial charge in [0, 0.05) is 18.3 Å². The molecule has 0 spiro atoms. The molecule has 1 aliphatic heterocycles. The lowest BCUT2D eigenvalue weighted by molar-refractivity contribution is 0.102. The highest BCUT2D eigenvalue weighted by Gasteiger charge is 2.31. The van der Waals surface area contributed by atoms with E-state index in [0.717, 1.165) is 4.31 Å². The molecule has 0 atom stereocenters. The summed E-state index contributed by atoms with van der Waals surface area (Å²) in [4.78, 5) is 12.5. The molecule has 0 radical (unpaired) electrons. The molecule has 1 N–H and O–H groups in total. The number of anilines is 2. The summed E-state index contributed by atoms with van der Waals surface area (Å²) in [6.45, 7) is 0. The number of hydrogen-bond donors (Lipinski definition) is 1. The molecule has 0 saturated carbocycles. The lowest BCUT2D eigenvalue weighted by Crippen LogP contribution is -2.26. The van der Waals surface area contributed by atoms with Crippen LogP contribution in [0.25, 0.3) is 0 Å². The van der Waals surface area contributed by atoms with Crippen molar-refractivity contribution in [2.75, 3.05) is 16.7 Å². The molecule has 1 amide bonds. The molecule has 0 fully saturated rings. The second-order valence-electron chi connectivity index (χ2n) is 6.02. The topological polar surface area (TPSA) is 75.7 Å². The third-order valence-corrected chi connectivity index (χ3v) is 6.09. The van der Waals surface area contributed by atoms with Gasteiger partial charge in [0.05, 0.1) is 5.69 Å². The van der Waals surface area contributed by atoms with Crippen molar-refractivity contribution in [2.24, 2.45) is 0 Å². The van der Waals surface area contributed by atoms with E-state index in [9.17, 15) is 13.2 Å². The molecule has 0 aromatic heterocycles. The number of sulfonamides is 1. The van der Waals surface area contributed by atoms with Crippen molar-refractivity contribution in [3.63, 3.8) is 0 Å². The summed E-state index contributed by atoms with van der Waals surface area (Å²) in [5, 5.41) is 2.75. The Balaban J connectivity index is 1.76. The van der Waals surface area contributed by atoms with Crippen molar-refractivity contribution in [3.05, 3.63) is 78.4 Å². The van der Waals surface area contributed by atoms with Crippen LogP contribution < -0.4 is 14.4 Å². The molecule has 27 heavy (non-hydrogen) atoms. The van der Waals surface area contributed by atoms with Gasteiger partial charge in [0.1, 0.15) is 10.6 Å². The first-order chi connectivity index (χ1) is 13.0. The highest BCUT2D eigenvalue weighted by atomic mass is 32.2. The number of nitrogens with zero attached hydrogens (tertiary/aromatic N) is 1. The van der Waals surface area contributed by atoms with Crippen LogP contribution in [0.3, 0.4) is 0 Å². The first-order valence-electron chi connectivity index (χ1n) is 8.23. The first-order valence-corrected chi connectivity index (χ1v) is 9.67. The number of amides is 1. The minimum Gasteiger partial charge on any atom is -0.454 e. The highest BCUT2D eigenvalue weighted by molar-refractivity contribution is 7.93. The van der Waals surface area contributed by atoms with E-state index in [-0.39, 0.29) is 16.2 Å². The SMILES string of the molecule is CN1c2ccccc2Oc2ccc(C(=O)Nc3ccccc3)cc2S1(=O)=O. The van der Waals surface area contributed by atoms with Gasteiger partial charge in [-0.25, -0.2) is 8.42 Å². The van der Waals surface area contributed by atoms with Gasteiger partial charge in [-0.1, -0.05) is 30.3 Å². The standard InChI is InChI=1S/C20H16N2O4S/c1-22-16-9-5-6-10-17(16)26-18-12-11-14(13-19(18)27(22,24)25)20(23)21-15-7-3-2-4-8-15/h2-13H,1H3,(H,21,23). The summed E-state index contributed by atoms with van der Waals surface area (Å²) in [7, 11) is -2.41. The zero-order chi connectivity index (χ0) is 19.0. The lowest BCUT2D eigenvalue weighted by Gasteiger charge is -2.17. The van der Waals surface area contributed by atoms with E-state index in [2.05, 4.69) is 5.32 Å². The van der Waals surface area contributed by atoms with Crippen LogP contribution in [0.15, 0.2) is 77.7 Å².